The highest BCUT2D eigenvalue weighted by molar-refractivity contribution is 5.81. The lowest BCUT2D eigenvalue weighted by Crippen LogP contribution is -2.27. The Kier molecular flexibility index (Phi) is 5.43. The zero-order chi connectivity index (χ0) is 21.4. The average molecular weight is 418 g/mol. The van der Waals surface area contributed by atoms with Crippen LogP contribution in [0.25, 0.3) is 11.0 Å². The number of benzene rings is 2. The Morgan fingerprint density at radius 3 is 2.61 bits per heavy atom. The van der Waals surface area contributed by atoms with Crippen LogP contribution in [-0.4, -0.2) is 39.6 Å². The standard InChI is InChI=1S/C26H31N3O2/c1-18(2)19-8-12-22(13-9-19)31-15-5-14-28-24-7-4-3-6-23(24)27-26(28)20-16-25(30)29(17-20)21-10-11-21/h3-4,6-9,12-13,18,20-21H,5,10-11,14-17H2,1-2H3. The van der Waals surface area contributed by atoms with E-state index in [4.69, 9.17) is 9.72 Å². The van der Waals surface area contributed by atoms with Gasteiger partial charge in [0.05, 0.1) is 17.6 Å². The number of aromatic nitrogens is 2. The number of ether oxygens (including phenoxy) is 1. The van der Waals surface area contributed by atoms with Gasteiger partial charge < -0.3 is 14.2 Å². The fourth-order valence-electron chi connectivity index (χ4n) is 4.65. The van der Waals surface area contributed by atoms with E-state index >= 15 is 0 Å². The maximum atomic E-state index is 12.5. The summed E-state index contributed by atoms with van der Waals surface area (Å²) in [6.45, 7) is 6.71. The van der Waals surface area contributed by atoms with Gasteiger partial charge in [-0.3, -0.25) is 4.79 Å². The summed E-state index contributed by atoms with van der Waals surface area (Å²) < 4.78 is 8.31. The molecule has 1 unspecified atom stereocenters. The fourth-order valence-corrected chi connectivity index (χ4v) is 4.65. The minimum Gasteiger partial charge on any atom is -0.494 e. The molecule has 2 aromatic carbocycles. The summed E-state index contributed by atoms with van der Waals surface area (Å²) in [6.07, 6.45) is 3.79. The third-order valence-electron chi connectivity index (χ3n) is 6.54. The van der Waals surface area contributed by atoms with Crippen molar-refractivity contribution in [2.45, 2.75) is 64.0 Å². The van der Waals surface area contributed by atoms with Crippen LogP contribution >= 0.6 is 0 Å². The molecule has 0 spiro atoms. The molecule has 5 heteroatoms. The highest BCUT2D eigenvalue weighted by atomic mass is 16.5. The third-order valence-corrected chi connectivity index (χ3v) is 6.54. The molecule has 5 rings (SSSR count). The van der Waals surface area contributed by atoms with Crippen LogP contribution in [-0.2, 0) is 11.3 Å². The van der Waals surface area contributed by atoms with Gasteiger partial charge in [0, 0.05) is 31.5 Å². The largest absolute Gasteiger partial charge is 0.494 e. The van der Waals surface area contributed by atoms with Gasteiger partial charge in [0.2, 0.25) is 5.91 Å². The lowest BCUT2D eigenvalue weighted by molar-refractivity contribution is -0.128. The number of nitrogens with zero attached hydrogens (tertiary/aromatic N) is 3. The van der Waals surface area contributed by atoms with E-state index in [2.05, 4.69) is 65.8 Å². The van der Waals surface area contributed by atoms with Crippen molar-refractivity contribution < 1.29 is 9.53 Å². The number of amides is 1. The Bertz CT molecular complexity index is 1070. The van der Waals surface area contributed by atoms with E-state index in [1.807, 2.05) is 6.07 Å². The first-order chi connectivity index (χ1) is 15.1. The van der Waals surface area contributed by atoms with Crippen LogP contribution in [0.5, 0.6) is 5.75 Å². The average Bonchev–Trinajstić information content (AvgIpc) is 3.45. The molecular formula is C26H31N3O2. The maximum absolute atomic E-state index is 12.5. The van der Waals surface area contributed by atoms with Crippen LogP contribution < -0.4 is 4.74 Å². The number of hydrogen-bond acceptors (Lipinski definition) is 3. The van der Waals surface area contributed by atoms with E-state index in [-0.39, 0.29) is 5.92 Å². The summed E-state index contributed by atoms with van der Waals surface area (Å²) in [7, 11) is 0. The topological polar surface area (TPSA) is 47.4 Å². The van der Waals surface area contributed by atoms with Crippen molar-refractivity contribution in [3.63, 3.8) is 0 Å². The van der Waals surface area contributed by atoms with Crippen LogP contribution in [0.2, 0.25) is 0 Å². The molecule has 162 valence electrons. The molecule has 0 bridgehead atoms. The molecule has 5 nitrogen and oxygen atoms in total. The van der Waals surface area contributed by atoms with Gasteiger partial charge in [0.15, 0.2) is 0 Å². The first-order valence-electron chi connectivity index (χ1n) is 11.6. The van der Waals surface area contributed by atoms with E-state index in [9.17, 15) is 4.79 Å². The second kappa shape index (κ2) is 8.37. The molecule has 1 aromatic heterocycles. The zero-order valence-electron chi connectivity index (χ0n) is 18.5. The lowest BCUT2D eigenvalue weighted by Gasteiger charge is -2.16. The van der Waals surface area contributed by atoms with Gasteiger partial charge >= 0.3 is 0 Å². The predicted molar refractivity (Wildman–Crippen MR) is 122 cm³/mol. The summed E-state index contributed by atoms with van der Waals surface area (Å²) in [5.74, 6) is 2.98. The Labute approximate surface area is 184 Å². The van der Waals surface area contributed by atoms with Gasteiger partial charge in [0.1, 0.15) is 11.6 Å². The number of rotatable bonds is 8. The number of aryl methyl sites for hydroxylation is 1. The highest BCUT2D eigenvalue weighted by Gasteiger charge is 2.41. The van der Waals surface area contributed by atoms with Crippen LogP contribution in [0.4, 0.5) is 0 Å². The van der Waals surface area contributed by atoms with Crippen molar-refractivity contribution in [2.24, 2.45) is 0 Å². The number of likely N-dealkylation sites (tertiary alicyclic amines) is 1. The van der Waals surface area contributed by atoms with Gasteiger partial charge in [-0.25, -0.2) is 4.98 Å². The van der Waals surface area contributed by atoms with Gasteiger partial charge in [0.25, 0.3) is 0 Å². The van der Waals surface area contributed by atoms with Crippen molar-refractivity contribution in [1.82, 2.24) is 14.5 Å². The smallest absolute Gasteiger partial charge is 0.223 e. The molecule has 1 atom stereocenters. The summed E-state index contributed by atoms with van der Waals surface area (Å²) in [4.78, 5) is 19.5. The molecule has 1 aliphatic carbocycles. The van der Waals surface area contributed by atoms with E-state index in [1.54, 1.807) is 0 Å². The fraction of sp³-hybridized carbons (Fsp3) is 0.462. The Balaban J connectivity index is 1.27. The zero-order valence-corrected chi connectivity index (χ0v) is 18.5. The SMILES string of the molecule is CC(C)c1ccc(OCCCn2c(C3CC(=O)N(C4CC4)C3)nc3ccccc32)cc1. The number of para-hydroxylation sites is 2. The molecule has 2 fully saturated rings. The molecule has 1 aliphatic heterocycles. The molecule has 0 radical (unpaired) electrons. The van der Waals surface area contributed by atoms with Crippen molar-refractivity contribution in [1.29, 1.82) is 0 Å². The second-order valence-electron chi connectivity index (χ2n) is 9.21. The number of fused-ring (bicyclic) bond motifs is 1. The molecule has 1 saturated heterocycles. The normalized spacial score (nSPS) is 19.0. The lowest BCUT2D eigenvalue weighted by atomic mass is 10.0. The summed E-state index contributed by atoms with van der Waals surface area (Å²) in [5.41, 5.74) is 3.49. The first-order valence-corrected chi connectivity index (χ1v) is 11.6. The van der Waals surface area contributed by atoms with Crippen molar-refractivity contribution >= 4 is 16.9 Å². The quantitative estimate of drug-likeness (QED) is 0.479. The van der Waals surface area contributed by atoms with Crippen molar-refractivity contribution in [3.05, 3.63) is 59.9 Å². The molecule has 2 heterocycles. The molecular weight excluding hydrogens is 386 g/mol. The molecule has 3 aromatic rings. The number of carbonyl (C=O) groups is 1. The summed E-state index contributed by atoms with van der Waals surface area (Å²) >= 11 is 0. The summed E-state index contributed by atoms with van der Waals surface area (Å²) in [5, 5.41) is 0. The molecule has 0 N–H and O–H groups in total. The van der Waals surface area contributed by atoms with Gasteiger partial charge in [-0.05, 0) is 55.0 Å². The van der Waals surface area contributed by atoms with E-state index in [0.717, 1.165) is 55.0 Å². The minimum atomic E-state index is 0.185. The van der Waals surface area contributed by atoms with E-state index in [1.165, 1.54) is 5.56 Å². The van der Waals surface area contributed by atoms with Crippen LogP contribution in [0.15, 0.2) is 48.5 Å². The Hall–Kier alpha value is -2.82. The maximum Gasteiger partial charge on any atom is 0.223 e. The predicted octanol–water partition coefficient (Wildman–Crippen LogP) is 5.11. The van der Waals surface area contributed by atoms with Crippen molar-refractivity contribution in [2.75, 3.05) is 13.2 Å². The van der Waals surface area contributed by atoms with Crippen LogP contribution in [0, 0.1) is 0 Å². The van der Waals surface area contributed by atoms with E-state index < -0.39 is 0 Å². The monoisotopic (exact) mass is 417 g/mol. The number of hydrogen-bond donors (Lipinski definition) is 0. The second-order valence-corrected chi connectivity index (χ2v) is 9.21. The molecule has 31 heavy (non-hydrogen) atoms. The first kappa shape index (κ1) is 20.1. The van der Waals surface area contributed by atoms with Gasteiger partial charge in [-0.15, -0.1) is 0 Å². The molecule has 2 aliphatic rings. The number of imidazole rings is 1. The molecule has 1 amide bonds. The Morgan fingerprint density at radius 1 is 1.10 bits per heavy atom. The van der Waals surface area contributed by atoms with Gasteiger partial charge in [-0.1, -0.05) is 38.1 Å². The highest BCUT2D eigenvalue weighted by Crippen LogP contribution is 2.37. The van der Waals surface area contributed by atoms with Crippen LogP contribution in [0.1, 0.15) is 62.8 Å². The Morgan fingerprint density at radius 2 is 1.87 bits per heavy atom. The minimum absolute atomic E-state index is 0.185. The van der Waals surface area contributed by atoms with Gasteiger partial charge in [-0.2, -0.15) is 0 Å². The van der Waals surface area contributed by atoms with E-state index in [0.29, 0.717) is 30.9 Å². The number of carbonyl (C=O) groups excluding carboxylic acids is 1. The molecule has 1 saturated carbocycles. The third kappa shape index (κ3) is 4.18. The van der Waals surface area contributed by atoms with Crippen molar-refractivity contribution in [3.8, 4) is 5.75 Å². The summed E-state index contributed by atoms with van der Waals surface area (Å²) in [6, 6.07) is 17.2. The van der Waals surface area contributed by atoms with Crippen LogP contribution in [0.3, 0.4) is 0 Å².